The molecule has 0 aromatic heterocycles. The summed E-state index contributed by atoms with van der Waals surface area (Å²) in [7, 11) is 0. The van der Waals surface area contributed by atoms with Crippen molar-refractivity contribution in [3.05, 3.63) is 34.6 Å². The van der Waals surface area contributed by atoms with E-state index in [1.165, 1.54) is 12.1 Å². The van der Waals surface area contributed by atoms with Gasteiger partial charge in [0.2, 0.25) is 0 Å². The Kier molecular flexibility index (Phi) is 4.13. The molecule has 0 saturated carbocycles. The Morgan fingerprint density at radius 2 is 2.12 bits per heavy atom. The van der Waals surface area contributed by atoms with Crippen LogP contribution in [0.5, 0.6) is 0 Å². The second-order valence-corrected chi connectivity index (χ2v) is 4.69. The third-order valence-corrected chi connectivity index (χ3v) is 3.35. The van der Waals surface area contributed by atoms with Gasteiger partial charge in [-0.05, 0) is 30.5 Å². The first-order valence-electron chi connectivity index (χ1n) is 5.71. The maximum absolute atomic E-state index is 13.2. The van der Waals surface area contributed by atoms with Gasteiger partial charge in [-0.25, -0.2) is 4.39 Å². The second kappa shape index (κ2) is 5.61. The Morgan fingerprint density at radius 1 is 1.41 bits per heavy atom. The van der Waals surface area contributed by atoms with Gasteiger partial charge < -0.3 is 4.74 Å². The molecule has 1 fully saturated rings. The molecule has 4 heteroatoms. The van der Waals surface area contributed by atoms with E-state index >= 15 is 0 Å². The lowest BCUT2D eigenvalue weighted by atomic mass is 9.91. The molecule has 1 aromatic rings. The maximum Gasteiger partial charge on any atom is 0.142 e. The van der Waals surface area contributed by atoms with Gasteiger partial charge in [-0.15, -0.1) is 0 Å². The van der Waals surface area contributed by atoms with E-state index in [2.05, 4.69) is 0 Å². The molecule has 1 heterocycles. The van der Waals surface area contributed by atoms with Gasteiger partial charge in [0, 0.05) is 25.6 Å². The van der Waals surface area contributed by atoms with Gasteiger partial charge >= 0.3 is 0 Å². The van der Waals surface area contributed by atoms with Crippen molar-refractivity contribution >= 4 is 17.4 Å². The van der Waals surface area contributed by atoms with Gasteiger partial charge in [-0.1, -0.05) is 17.7 Å². The lowest BCUT2D eigenvalue weighted by Crippen LogP contribution is -2.24. The van der Waals surface area contributed by atoms with Gasteiger partial charge in [0.15, 0.2) is 0 Å². The van der Waals surface area contributed by atoms with Crippen LogP contribution >= 0.6 is 11.6 Å². The molecule has 92 valence electrons. The van der Waals surface area contributed by atoms with Crippen molar-refractivity contribution < 1.29 is 13.9 Å². The first kappa shape index (κ1) is 12.5. The highest BCUT2D eigenvalue weighted by Crippen LogP contribution is 2.20. The number of hydrogen-bond donors (Lipinski definition) is 0. The summed E-state index contributed by atoms with van der Waals surface area (Å²) in [5.74, 6) is -0.249. The summed E-state index contributed by atoms with van der Waals surface area (Å²) in [6.45, 7) is 1.29. The topological polar surface area (TPSA) is 26.3 Å². The first-order valence-corrected chi connectivity index (χ1v) is 6.09. The highest BCUT2D eigenvalue weighted by molar-refractivity contribution is 6.30. The molecule has 2 rings (SSSR count). The summed E-state index contributed by atoms with van der Waals surface area (Å²) in [4.78, 5) is 12.0. The molecular weight excluding hydrogens is 243 g/mol. The number of Topliss-reactive ketones (excluding diaryl/α,β-unsaturated/α-hetero) is 1. The molecule has 1 aliphatic rings. The molecule has 0 amide bonds. The van der Waals surface area contributed by atoms with Crippen LogP contribution < -0.4 is 0 Å². The Bertz CT molecular complexity index is 414. The van der Waals surface area contributed by atoms with Crippen molar-refractivity contribution in [2.45, 2.75) is 19.3 Å². The molecule has 0 aliphatic carbocycles. The Balaban J connectivity index is 1.99. The molecule has 1 aromatic carbocycles. The third kappa shape index (κ3) is 3.27. The largest absolute Gasteiger partial charge is 0.381 e. The zero-order chi connectivity index (χ0) is 12.3. The molecule has 1 saturated heterocycles. The highest BCUT2D eigenvalue weighted by atomic mass is 35.5. The van der Waals surface area contributed by atoms with E-state index in [1.54, 1.807) is 6.07 Å². The van der Waals surface area contributed by atoms with Crippen LogP contribution in [0.15, 0.2) is 18.2 Å². The average molecular weight is 257 g/mol. The van der Waals surface area contributed by atoms with Crippen LogP contribution in [0.1, 0.15) is 18.4 Å². The van der Waals surface area contributed by atoms with Crippen molar-refractivity contribution in [2.24, 2.45) is 5.92 Å². The summed E-state index contributed by atoms with van der Waals surface area (Å²) >= 11 is 5.59. The van der Waals surface area contributed by atoms with Gasteiger partial charge in [-0.3, -0.25) is 4.79 Å². The maximum atomic E-state index is 13.2. The van der Waals surface area contributed by atoms with E-state index in [0.29, 0.717) is 18.8 Å². The van der Waals surface area contributed by atoms with Crippen LogP contribution in [0.25, 0.3) is 0 Å². The zero-order valence-corrected chi connectivity index (χ0v) is 10.2. The third-order valence-electron chi connectivity index (χ3n) is 3.04. The minimum atomic E-state index is -0.469. The Labute approximate surface area is 105 Å². The minimum absolute atomic E-state index is 0.0579. The number of ketones is 1. The molecule has 0 radical (unpaired) electrons. The van der Waals surface area contributed by atoms with Gasteiger partial charge in [-0.2, -0.15) is 0 Å². The minimum Gasteiger partial charge on any atom is -0.381 e. The van der Waals surface area contributed by atoms with E-state index in [-0.39, 0.29) is 23.1 Å². The summed E-state index contributed by atoms with van der Waals surface area (Å²) in [5.41, 5.74) is 0.684. The number of carbonyl (C=O) groups excluding carboxylic acids is 1. The number of rotatable bonds is 3. The van der Waals surface area contributed by atoms with Crippen LogP contribution in [-0.4, -0.2) is 19.0 Å². The molecule has 2 nitrogen and oxygen atoms in total. The highest BCUT2D eigenvalue weighted by Gasteiger charge is 2.21. The summed E-state index contributed by atoms with van der Waals surface area (Å²) in [6.07, 6.45) is 1.82. The second-order valence-electron chi connectivity index (χ2n) is 4.28. The lowest BCUT2D eigenvalue weighted by molar-refractivity contribution is -0.125. The molecule has 0 unspecified atom stereocenters. The summed E-state index contributed by atoms with van der Waals surface area (Å²) in [6, 6.07) is 4.52. The van der Waals surface area contributed by atoms with Gasteiger partial charge in [0.05, 0.1) is 5.02 Å². The Morgan fingerprint density at radius 3 is 2.76 bits per heavy atom. The predicted molar refractivity (Wildman–Crippen MR) is 63.7 cm³/mol. The van der Waals surface area contributed by atoms with Crippen molar-refractivity contribution in [1.29, 1.82) is 0 Å². The molecule has 0 N–H and O–H groups in total. The van der Waals surface area contributed by atoms with Crippen molar-refractivity contribution in [2.75, 3.05) is 13.2 Å². The Hall–Kier alpha value is -0.930. The van der Waals surface area contributed by atoms with E-state index in [4.69, 9.17) is 16.3 Å². The average Bonchev–Trinajstić information content (AvgIpc) is 2.35. The van der Waals surface area contributed by atoms with Crippen molar-refractivity contribution in [3.8, 4) is 0 Å². The molecule has 0 bridgehead atoms. The first-order chi connectivity index (χ1) is 8.16. The number of hydrogen-bond acceptors (Lipinski definition) is 2. The lowest BCUT2D eigenvalue weighted by Gasteiger charge is -2.20. The zero-order valence-electron chi connectivity index (χ0n) is 9.42. The van der Waals surface area contributed by atoms with Crippen LogP contribution in [0, 0.1) is 11.7 Å². The molecule has 17 heavy (non-hydrogen) atoms. The molecule has 0 atom stereocenters. The predicted octanol–water partition coefficient (Wildman–Crippen LogP) is 3.02. The van der Waals surface area contributed by atoms with E-state index in [9.17, 15) is 9.18 Å². The van der Waals surface area contributed by atoms with Crippen molar-refractivity contribution in [1.82, 2.24) is 0 Å². The SMILES string of the molecule is O=C(Cc1ccc(Cl)c(F)c1)C1CCOCC1. The van der Waals surface area contributed by atoms with Gasteiger partial charge in [0.1, 0.15) is 11.6 Å². The van der Waals surface area contributed by atoms with E-state index in [0.717, 1.165) is 12.8 Å². The monoisotopic (exact) mass is 256 g/mol. The normalized spacial score (nSPS) is 17.1. The molecular formula is C13H14ClFO2. The number of halogens is 2. The molecule has 0 spiro atoms. The molecule has 1 aliphatic heterocycles. The standard InChI is InChI=1S/C13H14ClFO2/c14-11-2-1-9(7-12(11)15)8-13(16)10-3-5-17-6-4-10/h1-2,7,10H,3-6,8H2. The van der Waals surface area contributed by atoms with Crippen LogP contribution in [0.2, 0.25) is 5.02 Å². The van der Waals surface area contributed by atoms with Crippen LogP contribution in [0.3, 0.4) is 0 Å². The fourth-order valence-corrected chi connectivity index (χ4v) is 2.13. The number of benzene rings is 1. The summed E-state index contributed by atoms with van der Waals surface area (Å²) in [5, 5.41) is 0.0901. The smallest absolute Gasteiger partial charge is 0.142 e. The van der Waals surface area contributed by atoms with Gasteiger partial charge in [0.25, 0.3) is 0 Å². The fourth-order valence-electron chi connectivity index (χ4n) is 2.01. The van der Waals surface area contributed by atoms with E-state index in [1.807, 2.05) is 0 Å². The van der Waals surface area contributed by atoms with Crippen LogP contribution in [-0.2, 0) is 16.0 Å². The quantitative estimate of drug-likeness (QED) is 0.831. The summed E-state index contributed by atoms with van der Waals surface area (Å²) < 4.78 is 18.4. The fraction of sp³-hybridized carbons (Fsp3) is 0.462. The number of ether oxygens (including phenoxy) is 1. The van der Waals surface area contributed by atoms with Crippen molar-refractivity contribution in [3.63, 3.8) is 0 Å². The van der Waals surface area contributed by atoms with Crippen LogP contribution in [0.4, 0.5) is 4.39 Å². The van der Waals surface area contributed by atoms with E-state index < -0.39 is 5.82 Å². The number of carbonyl (C=O) groups is 1.